The van der Waals surface area contributed by atoms with Crippen molar-refractivity contribution in [2.75, 3.05) is 11.5 Å². The van der Waals surface area contributed by atoms with Crippen LogP contribution in [0.5, 0.6) is 5.75 Å². The van der Waals surface area contributed by atoms with Gasteiger partial charge in [0.1, 0.15) is 11.8 Å². The number of carbonyl (C=O) groups excluding carboxylic acids is 3. The molecule has 4 aliphatic carbocycles. The number of imide groups is 1. The second kappa shape index (κ2) is 8.39. The van der Waals surface area contributed by atoms with Crippen LogP contribution in [0.1, 0.15) is 79.1 Å². The predicted octanol–water partition coefficient (Wildman–Crippen LogP) is 4.95. The zero-order chi connectivity index (χ0) is 24.3. The van der Waals surface area contributed by atoms with E-state index in [0.29, 0.717) is 35.8 Å². The van der Waals surface area contributed by atoms with Gasteiger partial charge in [-0.3, -0.25) is 14.4 Å². The molecule has 0 N–H and O–H groups in total. The molecule has 6 heteroatoms. The number of anilines is 1. The quantitative estimate of drug-likeness (QED) is 0.533. The topological polar surface area (TPSA) is 66.9 Å². The first-order chi connectivity index (χ1) is 16.2. The summed E-state index contributed by atoms with van der Waals surface area (Å²) < 4.78 is 5.50. The van der Waals surface area contributed by atoms with Gasteiger partial charge in [-0.1, -0.05) is 6.92 Å². The van der Waals surface area contributed by atoms with Gasteiger partial charge >= 0.3 is 0 Å². The summed E-state index contributed by atoms with van der Waals surface area (Å²) in [4.78, 5) is 44.4. The van der Waals surface area contributed by atoms with E-state index in [1.54, 1.807) is 24.3 Å². The van der Waals surface area contributed by atoms with Crippen molar-refractivity contribution >= 4 is 23.4 Å². The molecule has 1 heterocycles. The lowest BCUT2D eigenvalue weighted by Crippen LogP contribution is -2.62. The van der Waals surface area contributed by atoms with Crippen LogP contribution >= 0.6 is 0 Å². The van der Waals surface area contributed by atoms with Gasteiger partial charge in [-0.25, -0.2) is 4.90 Å². The van der Waals surface area contributed by atoms with Gasteiger partial charge in [0.2, 0.25) is 11.8 Å². The lowest BCUT2D eigenvalue weighted by molar-refractivity contribution is -0.168. The minimum Gasteiger partial charge on any atom is -0.494 e. The van der Waals surface area contributed by atoms with E-state index >= 15 is 0 Å². The highest BCUT2D eigenvalue weighted by Crippen LogP contribution is 2.61. The van der Waals surface area contributed by atoms with Gasteiger partial charge in [0.05, 0.1) is 24.1 Å². The third kappa shape index (κ3) is 3.74. The maximum Gasteiger partial charge on any atom is 0.257 e. The fourth-order valence-electron chi connectivity index (χ4n) is 7.58. The molecular formula is C28H38N2O4. The van der Waals surface area contributed by atoms with Gasteiger partial charge < -0.3 is 9.64 Å². The van der Waals surface area contributed by atoms with Crippen LogP contribution in [0, 0.1) is 23.2 Å². The molecule has 6 rings (SSSR count). The molecule has 184 valence electrons. The van der Waals surface area contributed by atoms with Crippen LogP contribution in [-0.2, 0) is 14.4 Å². The minimum atomic E-state index is -0.741. The molecule has 3 amide bonds. The Morgan fingerprint density at radius 3 is 2.09 bits per heavy atom. The van der Waals surface area contributed by atoms with Crippen molar-refractivity contribution in [1.29, 1.82) is 0 Å². The monoisotopic (exact) mass is 466 g/mol. The maximum absolute atomic E-state index is 14.4. The van der Waals surface area contributed by atoms with E-state index < -0.39 is 11.6 Å². The van der Waals surface area contributed by atoms with Gasteiger partial charge in [-0.15, -0.1) is 0 Å². The highest BCUT2D eigenvalue weighted by atomic mass is 16.5. The lowest BCUT2D eigenvalue weighted by Gasteiger charge is -2.58. The molecule has 1 aromatic rings. The van der Waals surface area contributed by atoms with Crippen LogP contribution in [0.4, 0.5) is 5.69 Å². The van der Waals surface area contributed by atoms with E-state index in [2.05, 4.69) is 6.92 Å². The van der Waals surface area contributed by atoms with E-state index in [-0.39, 0.29) is 29.6 Å². The summed E-state index contributed by atoms with van der Waals surface area (Å²) in [6.45, 7) is 8.62. The zero-order valence-electron chi connectivity index (χ0n) is 21.0. The summed E-state index contributed by atoms with van der Waals surface area (Å²) in [6, 6.07) is 6.32. The average molecular weight is 467 g/mol. The van der Waals surface area contributed by atoms with Crippen molar-refractivity contribution in [2.45, 2.75) is 90.6 Å². The average Bonchev–Trinajstić information content (AvgIpc) is 3.07. The summed E-state index contributed by atoms with van der Waals surface area (Å²) in [5.41, 5.74) is -0.315. The Hall–Kier alpha value is -2.37. The highest BCUT2D eigenvalue weighted by Gasteiger charge is 2.59. The summed E-state index contributed by atoms with van der Waals surface area (Å²) in [5, 5.41) is 0. The van der Waals surface area contributed by atoms with E-state index in [4.69, 9.17) is 4.74 Å². The van der Waals surface area contributed by atoms with Crippen molar-refractivity contribution in [3.05, 3.63) is 24.3 Å². The Morgan fingerprint density at radius 2 is 1.59 bits per heavy atom. The summed E-state index contributed by atoms with van der Waals surface area (Å²) in [7, 11) is 0. The Labute approximate surface area is 203 Å². The first-order valence-corrected chi connectivity index (χ1v) is 13.1. The molecule has 1 unspecified atom stereocenters. The van der Waals surface area contributed by atoms with Crippen molar-refractivity contribution in [3.8, 4) is 5.75 Å². The minimum absolute atomic E-state index is 0.0492. The second-order valence-electron chi connectivity index (χ2n) is 11.8. The molecule has 0 spiro atoms. The molecular weight excluding hydrogens is 428 g/mol. The fraction of sp³-hybridized carbons (Fsp3) is 0.679. The fourth-order valence-corrected chi connectivity index (χ4v) is 7.58. The van der Waals surface area contributed by atoms with Crippen molar-refractivity contribution in [3.63, 3.8) is 0 Å². The Balaban J connectivity index is 1.45. The molecule has 34 heavy (non-hydrogen) atoms. The standard InChI is InChI=1S/C28H38N2O4/c1-5-27(3,4)30(26(33)28-15-18-11-19(16-28)13-20(12-18)17-28)23-14-24(31)29(25(23)32)21-7-9-22(10-8-21)34-6-2/h7-10,18-20,23H,5-6,11-17H2,1-4H3. The molecule has 0 aromatic heterocycles. The van der Waals surface area contributed by atoms with Crippen LogP contribution < -0.4 is 9.64 Å². The molecule has 1 aromatic carbocycles. The number of benzene rings is 1. The number of hydrogen-bond donors (Lipinski definition) is 0. The van der Waals surface area contributed by atoms with E-state index in [9.17, 15) is 14.4 Å². The first-order valence-electron chi connectivity index (χ1n) is 13.1. The summed E-state index contributed by atoms with van der Waals surface area (Å²) >= 11 is 0. The largest absolute Gasteiger partial charge is 0.494 e. The Kier molecular flexibility index (Phi) is 5.77. The second-order valence-corrected chi connectivity index (χ2v) is 11.8. The van der Waals surface area contributed by atoms with Crippen LogP contribution in [0.15, 0.2) is 24.3 Å². The molecule has 5 aliphatic rings. The molecule has 4 saturated carbocycles. The van der Waals surface area contributed by atoms with Crippen molar-refractivity contribution in [2.24, 2.45) is 23.2 Å². The molecule has 1 atom stereocenters. The SMILES string of the molecule is CCOc1ccc(N2C(=O)CC(N(C(=O)C34CC5CC(CC(C5)C3)C4)C(C)(C)CC)C2=O)cc1. The van der Waals surface area contributed by atoms with Gasteiger partial charge in [0.25, 0.3) is 5.91 Å². The van der Waals surface area contributed by atoms with Gasteiger partial charge in [-0.05, 0) is 108 Å². The number of nitrogens with zero attached hydrogens (tertiary/aromatic N) is 2. The maximum atomic E-state index is 14.4. The van der Waals surface area contributed by atoms with E-state index in [1.165, 1.54) is 24.2 Å². The summed E-state index contributed by atoms with van der Waals surface area (Å²) in [5.74, 6) is 2.23. The summed E-state index contributed by atoms with van der Waals surface area (Å²) in [6.07, 6.45) is 7.41. The molecule has 4 bridgehead atoms. The lowest BCUT2D eigenvalue weighted by atomic mass is 9.49. The van der Waals surface area contributed by atoms with Gasteiger partial charge in [-0.2, -0.15) is 0 Å². The normalized spacial score (nSPS) is 32.4. The van der Waals surface area contributed by atoms with E-state index in [1.807, 2.05) is 25.7 Å². The molecule has 6 nitrogen and oxygen atoms in total. The van der Waals surface area contributed by atoms with Crippen LogP contribution in [0.3, 0.4) is 0 Å². The number of ether oxygens (including phenoxy) is 1. The van der Waals surface area contributed by atoms with Gasteiger partial charge in [0.15, 0.2) is 0 Å². The molecule has 1 aliphatic heterocycles. The third-order valence-corrected chi connectivity index (χ3v) is 9.07. The van der Waals surface area contributed by atoms with Crippen LogP contribution in [-0.4, -0.2) is 40.8 Å². The number of amides is 3. The molecule has 0 radical (unpaired) electrons. The smallest absolute Gasteiger partial charge is 0.257 e. The Bertz CT molecular complexity index is 947. The van der Waals surface area contributed by atoms with Crippen molar-refractivity contribution < 1.29 is 19.1 Å². The van der Waals surface area contributed by atoms with E-state index in [0.717, 1.165) is 25.7 Å². The number of carbonyl (C=O) groups is 3. The zero-order valence-corrected chi connectivity index (χ0v) is 21.0. The molecule has 5 fully saturated rings. The van der Waals surface area contributed by atoms with Crippen LogP contribution in [0.2, 0.25) is 0 Å². The van der Waals surface area contributed by atoms with Crippen molar-refractivity contribution in [1.82, 2.24) is 4.90 Å². The first kappa shape index (κ1) is 23.4. The number of hydrogen-bond acceptors (Lipinski definition) is 4. The van der Waals surface area contributed by atoms with Crippen LogP contribution in [0.25, 0.3) is 0 Å². The molecule has 1 saturated heterocycles. The number of rotatable bonds is 7. The van der Waals surface area contributed by atoms with Gasteiger partial charge in [0, 0.05) is 5.54 Å². The Morgan fingerprint density at radius 1 is 1.03 bits per heavy atom. The predicted molar refractivity (Wildman–Crippen MR) is 130 cm³/mol. The third-order valence-electron chi connectivity index (χ3n) is 9.07. The highest BCUT2D eigenvalue weighted by molar-refractivity contribution is 6.23.